The summed E-state index contributed by atoms with van der Waals surface area (Å²) in [4.78, 5) is 2.22. The molecule has 2 nitrogen and oxygen atoms in total. The minimum atomic E-state index is 0.649. The lowest BCUT2D eigenvalue weighted by Crippen LogP contribution is -2.48. The van der Waals surface area contributed by atoms with Crippen LogP contribution >= 0.6 is 0 Å². The van der Waals surface area contributed by atoms with Crippen LogP contribution in [0.5, 0.6) is 0 Å². The summed E-state index contributed by atoms with van der Waals surface area (Å²) < 4.78 is 0. The van der Waals surface area contributed by atoms with Crippen LogP contribution in [0.2, 0.25) is 0 Å². The van der Waals surface area contributed by atoms with Crippen molar-refractivity contribution in [2.24, 2.45) is 11.7 Å². The first kappa shape index (κ1) is 8.58. The molecule has 1 saturated carbocycles. The third-order valence-electron chi connectivity index (χ3n) is 2.59. The summed E-state index contributed by atoms with van der Waals surface area (Å²) in [5, 5.41) is 0. The maximum atomic E-state index is 5.58. The highest BCUT2D eigenvalue weighted by Gasteiger charge is 2.31. The zero-order valence-corrected chi connectivity index (χ0v) is 7.09. The van der Waals surface area contributed by atoms with Crippen molar-refractivity contribution < 1.29 is 0 Å². The van der Waals surface area contributed by atoms with Gasteiger partial charge >= 0.3 is 0 Å². The molecule has 0 heterocycles. The van der Waals surface area contributed by atoms with E-state index in [9.17, 15) is 0 Å². The monoisotopic (exact) mass is 152 g/mol. The van der Waals surface area contributed by atoms with Crippen molar-refractivity contribution in [3.63, 3.8) is 0 Å². The quantitative estimate of drug-likeness (QED) is 0.589. The minimum absolute atomic E-state index is 0.649. The van der Waals surface area contributed by atoms with E-state index in [4.69, 9.17) is 12.2 Å². The zero-order chi connectivity index (χ0) is 8.27. The molecular formula is C9H16N2. The van der Waals surface area contributed by atoms with E-state index in [1.165, 1.54) is 12.8 Å². The van der Waals surface area contributed by atoms with E-state index in [1.807, 2.05) is 0 Å². The van der Waals surface area contributed by atoms with Gasteiger partial charge in [0, 0.05) is 6.04 Å². The van der Waals surface area contributed by atoms with Gasteiger partial charge in [0.2, 0.25) is 0 Å². The smallest absolute Gasteiger partial charge is 0.0598 e. The SMILES string of the molecule is C#CCN(C)C1CCC1CN. The Labute approximate surface area is 68.8 Å². The fourth-order valence-electron chi connectivity index (χ4n) is 1.67. The van der Waals surface area contributed by atoms with Crippen molar-refractivity contribution in [3.8, 4) is 12.3 Å². The summed E-state index contributed by atoms with van der Waals surface area (Å²) in [6, 6.07) is 0.649. The Morgan fingerprint density at radius 2 is 2.36 bits per heavy atom. The molecule has 0 spiro atoms. The first-order valence-electron chi connectivity index (χ1n) is 4.13. The molecule has 0 saturated heterocycles. The molecule has 1 aliphatic carbocycles. The van der Waals surface area contributed by atoms with Crippen molar-refractivity contribution >= 4 is 0 Å². The number of nitrogens with zero attached hydrogens (tertiary/aromatic N) is 1. The van der Waals surface area contributed by atoms with E-state index < -0.39 is 0 Å². The third-order valence-corrected chi connectivity index (χ3v) is 2.59. The van der Waals surface area contributed by atoms with Crippen LogP contribution in [-0.2, 0) is 0 Å². The summed E-state index contributed by atoms with van der Waals surface area (Å²) in [6.07, 6.45) is 7.75. The maximum absolute atomic E-state index is 5.58. The van der Waals surface area contributed by atoms with E-state index in [0.717, 1.165) is 13.1 Å². The van der Waals surface area contributed by atoms with Crippen LogP contribution in [0, 0.1) is 18.3 Å². The van der Waals surface area contributed by atoms with Gasteiger partial charge in [-0.15, -0.1) is 6.42 Å². The van der Waals surface area contributed by atoms with E-state index >= 15 is 0 Å². The van der Waals surface area contributed by atoms with Crippen LogP contribution in [-0.4, -0.2) is 31.1 Å². The second-order valence-corrected chi connectivity index (χ2v) is 3.26. The van der Waals surface area contributed by atoms with Crippen molar-refractivity contribution in [1.29, 1.82) is 0 Å². The predicted octanol–water partition coefficient (Wildman–Crippen LogP) is 0.289. The van der Waals surface area contributed by atoms with Crippen molar-refractivity contribution in [2.45, 2.75) is 18.9 Å². The largest absolute Gasteiger partial charge is 0.330 e. The van der Waals surface area contributed by atoms with Crippen LogP contribution in [0.25, 0.3) is 0 Å². The predicted molar refractivity (Wildman–Crippen MR) is 47.0 cm³/mol. The van der Waals surface area contributed by atoms with E-state index in [2.05, 4.69) is 17.9 Å². The Morgan fingerprint density at radius 1 is 1.64 bits per heavy atom. The van der Waals surface area contributed by atoms with Crippen LogP contribution in [0.1, 0.15) is 12.8 Å². The molecule has 1 fully saturated rings. The van der Waals surface area contributed by atoms with Gasteiger partial charge in [-0.05, 0) is 32.4 Å². The summed E-state index contributed by atoms with van der Waals surface area (Å²) in [5.74, 6) is 3.33. The minimum Gasteiger partial charge on any atom is -0.330 e. The molecule has 0 bridgehead atoms. The van der Waals surface area contributed by atoms with Gasteiger partial charge in [0.05, 0.1) is 6.54 Å². The van der Waals surface area contributed by atoms with Crippen LogP contribution in [0.3, 0.4) is 0 Å². The van der Waals surface area contributed by atoms with Gasteiger partial charge in [-0.1, -0.05) is 5.92 Å². The Kier molecular flexibility index (Phi) is 2.92. The lowest BCUT2D eigenvalue weighted by molar-refractivity contribution is 0.102. The lowest BCUT2D eigenvalue weighted by atomic mass is 9.79. The van der Waals surface area contributed by atoms with Crippen molar-refractivity contribution in [3.05, 3.63) is 0 Å². The Hall–Kier alpha value is -0.520. The Balaban J connectivity index is 2.31. The number of hydrogen-bond donors (Lipinski definition) is 1. The first-order chi connectivity index (χ1) is 5.29. The molecule has 2 atom stereocenters. The fraction of sp³-hybridized carbons (Fsp3) is 0.778. The van der Waals surface area contributed by atoms with Crippen LogP contribution in [0.15, 0.2) is 0 Å². The fourth-order valence-corrected chi connectivity index (χ4v) is 1.67. The molecule has 0 aromatic carbocycles. The average molecular weight is 152 g/mol. The first-order valence-corrected chi connectivity index (χ1v) is 4.13. The van der Waals surface area contributed by atoms with Crippen molar-refractivity contribution in [1.82, 2.24) is 4.90 Å². The van der Waals surface area contributed by atoms with Gasteiger partial charge in [0.1, 0.15) is 0 Å². The molecule has 0 radical (unpaired) electrons. The second-order valence-electron chi connectivity index (χ2n) is 3.26. The van der Waals surface area contributed by atoms with Gasteiger partial charge in [0.25, 0.3) is 0 Å². The lowest BCUT2D eigenvalue weighted by Gasteiger charge is -2.41. The van der Waals surface area contributed by atoms with Crippen LogP contribution in [0.4, 0.5) is 0 Å². The number of hydrogen-bond acceptors (Lipinski definition) is 2. The Bertz CT molecular complexity index is 157. The molecule has 2 unspecified atom stereocenters. The molecule has 62 valence electrons. The molecule has 1 aliphatic rings. The summed E-state index contributed by atoms with van der Waals surface area (Å²) in [5.41, 5.74) is 5.58. The molecular weight excluding hydrogens is 136 g/mol. The average Bonchev–Trinajstić information content (AvgIpc) is 1.86. The zero-order valence-electron chi connectivity index (χ0n) is 7.09. The van der Waals surface area contributed by atoms with Crippen LogP contribution < -0.4 is 5.73 Å². The van der Waals surface area contributed by atoms with Crippen molar-refractivity contribution in [2.75, 3.05) is 20.1 Å². The van der Waals surface area contributed by atoms with E-state index in [-0.39, 0.29) is 0 Å². The standard InChI is InChI=1S/C9H16N2/c1-3-6-11(2)9-5-4-8(9)7-10/h1,8-9H,4-7,10H2,2H3. The molecule has 0 amide bonds. The summed E-state index contributed by atoms with van der Waals surface area (Å²) >= 11 is 0. The van der Waals surface area contributed by atoms with Gasteiger partial charge in [-0.3, -0.25) is 4.90 Å². The molecule has 2 heteroatoms. The van der Waals surface area contributed by atoms with Gasteiger partial charge < -0.3 is 5.73 Å². The Morgan fingerprint density at radius 3 is 2.73 bits per heavy atom. The molecule has 11 heavy (non-hydrogen) atoms. The summed E-state index contributed by atoms with van der Waals surface area (Å²) in [7, 11) is 2.08. The molecule has 1 rings (SSSR count). The van der Waals surface area contributed by atoms with E-state index in [1.54, 1.807) is 0 Å². The number of nitrogens with two attached hydrogens (primary N) is 1. The third kappa shape index (κ3) is 1.74. The normalized spacial score (nSPS) is 29.6. The number of rotatable bonds is 3. The topological polar surface area (TPSA) is 29.3 Å². The second kappa shape index (κ2) is 3.75. The van der Waals surface area contributed by atoms with Gasteiger partial charge in [0.15, 0.2) is 0 Å². The molecule has 2 N–H and O–H groups in total. The highest BCUT2D eigenvalue weighted by atomic mass is 15.1. The van der Waals surface area contributed by atoms with E-state index in [0.29, 0.717) is 12.0 Å². The van der Waals surface area contributed by atoms with Gasteiger partial charge in [-0.2, -0.15) is 0 Å². The number of terminal acetylenes is 1. The highest BCUT2D eigenvalue weighted by molar-refractivity contribution is 4.94. The maximum Gasteiger partial charge on any atom is 0.0598 e. The molecule has 0 aliphatic heterocycles. The van der Waals surface area contributed by atoms with Gasteiger partial charge in [-0.25, -0.2) is 0 Å². The molecule has 0 aromatic heterocycles. The summed E-state index contributed by atoms with van der Waals surface area (Å²) in [6.45, 7) is 1.56. The molecule has 0 aromatic rings. The highest BCUT2D eigenvalue weighted by Crippen LogP contribution is 2.29.